The monoisotopic (exact) mass is 451 g/mol. The van der Waals surface area contributed by atoms with Gasteiger partial charge in [0.25, 0.3) is 0 Å². The molecule has 0 saturated carbocycles. The molecule has 8 heteroatoms. The van der Waals surface area contributed by atoms with Gasteiger partial charge in [0.05, 0.1) is 0 Å². The first-order chi connectivity index (χ1) is 14.7. The van der Waals surface area contributed by atoms with E-state index in [1.54, 1.807) is 19.7 Å². The molecule has 31 heavy (non-hydrogen) atoms. The number of halogens is 1. The van der Waals surface area contributed by atoms with E-state index < -0.39 is 7.14 Å². The topological polar surface area (TPSA) is 72.7 Å². The van der Waals surface area contributed by atoms with Gasteiger partial charge in [-0.1, -0.05) is 18.2 Å². The number of imidazole rings is 1. The minimum absolute atomic E-state index is 0.125. The molecular weight excluding hydrogens is 429 g/mol. The summed E-state index contributed by atoms with van der Waals surface area (Å²) in [5.41, 5.74) is 5.57. The van der Waals surface area contributed by atoms with Crippen molar-refractivity contribution in [2.24, 2.45) is 0 Å². The quantitative estimate of drug-likeness (QED) is 0.310. The zero-order chi connectivity index (χ0) is 22.2. The normalized spacial score (nSPS) is 12.0. The standard InChI is InChI=1S/C23H23ClN5OP/c1-15-6-5-7-16(2)19(15)12-13-29-14-25-20-21(27-23(24)28-22(20)29)26-17-8-10-18(11-9-17)31(3,4)30/h5-14H,1-4H3,(H,26,27,28). The van der Waals surface area contributed by atoms with Crippen LogP contribution in [-0.2, 0) is 4.57 Å². The van der Waals surface area contributed by atoms with Crippen molar-refractivity contribution in [2.75, 3.05) is 18.6 Å². The van der Waals surface area contributed by atoms with E-state index in [-0.39, 0.29) is 5.28 Å². The molecule has 2 heterocycles. The van der Waals surface area contributed by atoms with Gasteiger partial charge in [0.1, 0.15) is 13.5 Å². The summed E-state index contributed by atoms with van der Waals surface area (Å²) < 4.78 is 14.1. The van der Waals surface area contributed by atoms with Crippen LogP contribution in [0, 0.1) is 13.8 Å². The van der Waals surface area contributed by atoms with Gasteiger partial charge in [-0.2, -0.15) is 9.97 Å². The number of nitrogens with one attached hydrogen (secondary N) is 1. The highest BCUT2D eigenvalue weighted by Gasteiger charge is 2.14. The van der Waals surface area contributed by atoms with Crippen molar-refractivity contribution in [2.45, 2.75) is 13.8 Å². The average molecular weight is 452 g/mol. The third-order valence-electron chi connectivity index (χ3n) is 5.09. The first-order valence-electron chi connectivity index (χ1n) is 9.79. The summed E-state index contributed by atoms with van der Waals surface area (Å²) in [5, 5.41) is 4.20. The van der Waals surface area contributed by atoms with E-state index >= 15 is 0 Å². The van der Waals surface area contributed by atoms with Crippen molar-refractivity contribution in [1.82, 2.24) is 19.5 Å². The van der Waals surface area contributed by atoms with Crippen molar-refractivity contribution in [3.05, 3.63) is 70.8 Å². The molecule has 158 valence electrons. The van der Waals surface area contributed by atoms with Crippen LogP contribution in [-0.4, -0.2) is 32.8 Å². The molecule has 1 N–H and O–H groups in total. The van der Waals surface area contributed by atoms with Gasteiger partial charge >= 0.3 is 0 Å². The van der Waals surface area contributed by atoms with Crippen LogP contribution >= 0.6 is 18.7 Å². The molecule has 0 bridgehead atoms. The number of nitrogens with zero attached hydrogens (tertiary/aromatic N) is 4. The lowest BCUT2D eigenvalue weighted by Crippen LogP contribution is -2.03. The van der Waals surface area contributed by atoms with Gasteiger partial charge < -0.3 is 9.88 Å². The summed E-state index contributed by atoms with van der Waals surface area (Å²) in [6.07, 6.45) is 5.66. The summed E-state index contributed by atoms with van der Waals surface area (Å²) in [5.74, 6) is 0.512. The van der Waals surface area contributed by atoms with Gasteiger partial charge in [-0.3, -0.25) is 4.57 Å². The summed E-state index contributed by atoms with van der Waals surface area (Å²) in [6, 6.07) is 13.7. The minimum atomic E-state index is -2.30. The SMILES string of the molecule is Cc1cccc(C)c1C=Cn1cnc2c(Nc3ccc(P(C)(C)=O)cc3)nc(Cl)nc21. The van der Waals surface area contributed by atoms with E-state index in [4.69, 9.17) is 11.6 Å². The smallest absolute Gasteiger partial charge is 0.226 e. The Labute approximate surface area is 186 Å². The molecule has 0 aliphatic heterocycles. The highest BCUT2D eigenvalue weighted by atomic mass is 35.5. The Balaban J connectivity index is 1.68. The van der Waals surface area contributed by atoms with Gasteiger partial charge in [-0.15, -0.1) is 0 Å². The third-order valence-corrected chi connectivity index (χ3v) is 6.80. The van der Waals surface area contributed by atoms with E-state index in [9.17, 15) is 4.57 Å². The molecular formula is C23H23ClN5OP. The zero-order valence-corrected chi connectivity index (χ0v) is 19.4. The van der Waals surface area contributed by atoms with Crippen LogP contribution in [0.15, 0.2) is 48.8 Å². The maximum Gasteiger partial charge on any atom is 0.226 e. The first kappa shape index (κ1) is 21.3. The molecule has 6 nitrogen and oxygen atoms in total. The van der Waals surface area contributed by atoms with Crippen molar-refractivity contribution in [3.8, 4) is 0 Å². The van der Waals surface area contributed by atoms with Crippen LogP contribution < -0.4 is 10.6 Å². The van der Waals surface area contributed by atoms with Gasteiger partial charge in [-0.05, 0) is 85.8 Å². The van der Waals surface area contributed by atoms with Crippen molar-refractivity contribution in [1.29, 1.82) is 0 Å². The Kier molecular flexibility index (Phi) is 5.69. The maximum absolute atomic E-state index is 12.2. The summed E-state index contributed by atoms with van der Waals surface area (Å²) in [7, 11) is -2.30. The number of aromatic nitrogens is 4. The lowest BCUT2D eigenvalue weighted by Gasteiger charge is -2.10. The largest absolute Gasteiger partial charge is 0.338 e. The highest BCUT2D eigenvalue weighted by Crippen LogP contribution is 2.35. The number of aryl methyl sites for hydroxylation is 2. The van der Waals surface area contributed by atoms with Crippen LogP contribution in [0.3, 0.4) is 0 Å². The second-order valence-electron chi connectivity index (χ2n) is 7.81. The van der Waals surface area contributed by atoms with Crippen LogP contribution in [0.5, 0.6) is 0 Å². The van der Waals surface area contributed by atoms with E-state index in [2.05, 4.69) is 46.2 Å². The molecule has 4 rings (SSSR count). The molecule has 0 saturated heterocycles. The van der Waals surface area contributed by atoms with Crippen LogP contribution in [0.1, 0.15) is 16.7 Å². The first-order valence-corrected chi connectivity index (χ1v) is 12.8. The third kappa shape index (κ3) is 4.55. The zero-order valence-electron chi connectivity index (χ0n) is 17.8. The van der Waals surface area contributed by atoms with Gasteiger partial charge in [0.15, 0.2) is 17.0 Å². The van der Waals surface area contributed by atoms with Crippen LogP contribution in [0.25, 0.3) is 23.4 Å². The molecule has 0 unspecified atom stereocenters. The number of anilines is 2. The highest BCUT2D eigenvalue weighted by molar-refractivity contribution is 7.70. The molecule has 4 aromatic rings. The number of hydrogen-bond donors (Lipinski definition) is 1. The Hall–Kier alpha value is -2.95. The van der Waals surface area contributed by atoms with E-state index in [0.29, 0.717) is 17.0 Å². The van der Waals surface area contributed by atoms with Crippen molar-refractivity contribution >= 4 is 59.0 Å². The summed E-state index contributed by atoms with van der Waals surface area (Å²) >= 11 is 6.21. The number of benzene rings is 2. The molecule has 0 radical (unpaired) electrons. The number of fused-ring (bicyclic) bond motifs is 1. The molecule has 2 aromatic carbocycles. The second kappa shape index (κ2) is 8.29. The fraction of sp³-hybridized carbons (Fsp3) is 0.174. The number of hydrogen-bond acceptors (Lipinski definition) is 5. The fourth-order valence-electron chi connectivity index (χ4n) is 3.37. The predicted molar refractivity (Wildman–Crippen MR) is 130 cm³/mol. The van der Waals surface area contributed by atoms with Gasteiger partial charge in [-0.25, -0.2) is 4.98 Å². The average Bonchev–Trinajstić information content (AvgIpc) is 3.10. The van der Waals surface area contributed by atoms with E-state index in [1.807, 2.05) is 47.2 Å². The van der Waals surface area contributed by atoms with Gasteiger partial charge in [0.2, 0.25) is 5.28 Å². The molecule has 0 spiro atoms. The van der Waals surface area contributed by atoms with Crippen LogP contribution in [0.4, 0.5) is 11.5 Å². The Morgan fingerprint density at radius 3 is 2.35 bits per heavy atom. The van der Waals surface area contributed by atoms with E-state index in [0.717, 1.165) is 16.6 Å². The second-order valence-corrected chi connectivity index (χ2v) is 11.4. The lowest BCUT2D eigenvalue weighted by atomic mass is 10.0. The Bertz CT molecular complexity index is 1320. The Morgan fingerprint density at radius 2 is 1.71 bits per heavy atom. The lowest BCUT2D eigenvalue weighted by molar-refractivity contribution is 0.588. The minimum Gasteiger partial charge on any atom is -0.338 e. The van der Waals surface area contributed by atoms with Crippen LogP contribution in [0.2, 0.25) is 5.28 Å². The molecule has 0 fully saturated rings. The summed E-state index contributed by atoms with van der Waals surface area (Å²) in [6.45, 7) is 7.67. The molecule has 0 aliphatic carbocycles. The number of rotatable bonds is 5. The van der Waals surface area contributed by atoms with Gasteiger partial charge in [0, 0.05) is 17.2 Å². The fourth-order valence-corrected chi connectivity index (χ4v) is 4.40. The van der Waals surface area contributed by atoms with Crippen molar-refractivity contribution < 1.29 is 4.57 Å². The van der Waals surface area contributed by atoms with Crippen molar-refractivity contribution in [3.63, 3.8) is 0 Å². The van der Waals surface area contributed by atoms with E-state index in [1.165, 1.54) is 11.1 Å². The summed E-state index contributed by atoms with van der Waals surface area (Å²) in [4.78, 5) is 13.2. The predicted octanol–water partition coefficient (Wildman–Crippen LogP) is 5.72. The molecule has 2 aromatic heterocycles. The maximum atomic E-state index is 12.2. The Morgan fingerprint density at radius 1 is 1.03 bits per heavy atom. The molecule has 0 atom stereocenters. The molecule has 0 amide bonds. The molecule has 0 aliphatic rings.